The summed E-state index contributed by atoms with van der Waals surface area (Å²) in [5, 5.41) is 6.81. The van der Waals surface area contributed by atoms with Gasteiger partial charge in [0.1, 0.15) is 11.8 Å². The quantitative estimate of drug-likeness (QED) is 0.666. The topological polar surface area (TPSA) is 103 Å². The smallest absolute Gasteiger partial charge is 0.249 e. The van der Waals surface area contributed by atoms with E-state index in [0.717, 1.165) is 5.56 Å². The van der Waals surface area contributed by atoms with E-state index in [9.17, 15) is 4.79 Å². The number of hydrogen-bond donors (Lipinski definition) is 2. The zero-order valence-corrected chi connectivity index (χ0v) is 15.3. The highest BCUT2D eigenvalue weighted by Gasteiger charge is 2.22. The maximum absolute atomic E-state index is 12.4. The van der Waals surface area contributed by atoms with Crippen molar-refractivity contribution in [2.75, 3.05) is 7.11 Å². The molecule has 7 nitrogen and oxygen atoms in total. The number of ether oxygens (including phenoxy) is 1. The summed E-state index contributed by atoms with van der Waals surface area (Å²) < 4.78 is 10.6. The van der Waals surface area contributed by atoms with Crippen LogP contribution in [0, 0.1) is 0 Å². The molecular formula is C20H22N4O3. The monoisotopic (exact) mass is 366 g/mol. The van der Waals surface area contributed by atoms with E-state index in [4.69, 9.17) is 15.0 Å². The zero-order chi connectivity index (χ0) is 19.2. The molecule has 0 fully saturated rings. The predicted octanol–water partition coefficient (Wildman–Crippen LogP) is 2.49. The molecule has 0 saturated heterocycles. The summed E-state index contributed by atoms with van der Waals surface area (Å²) in [7, 11) is 1.58. The van der Waals surface area contributed by atoms with Gasteiger partial charge in [0.2, 0.25) is 17.6 Å². The number of para-hydroxylation sites is 1. The van der Waals surface area contributed by atoms with Crippen molar-refractivity contribution in [3.8, 4) is 17.1 Å². The van der Waals surface area contributed by atoms with Crippen molar-refractivity contribution in [1.82, 2.24) is 15.5 Å². The molecule has 27 heavy (non-hydrogen) atoms. The molecule has 1 aromatic heterocycles. The fourth-order valence-electron chi connectivity index (χ4n) is 2.69. The van der Waals surface area contributed by atoms with Gasteiger partial charge in [-0.15, -0.1) is 0 Å². The normalized spacial score (nSPS) is 13.0. The van der Waals surface area contributed by atoms with Crippen molar-refractivity contribution in [2.45, 2.75) is 25.4 Å². The SMILES string of the molecule is COc1ccccc1-c1noc(C(C)NC(=O)[C@@H](N)Cc2ccccc2)n1. The lowest BCUT2D eigenvalue weighted by molar-refractivity contribution is -0.123. The standard InChI is InChI=1S/C20H22N4O3/c1-13(22-19(25)16(21)12-14-8-4-3-5-9-14)20-23-18(24-27-20)15-10-6-7-11-17(15)26-2/h3-11,13,16H,12,21H2,1-2H3,(H,22,25)/t13?,16-/m0/s1. The Morgan fingerprint density at radius 1 is 1.19 bits per heavy atom. The first-order chi connectivity index (χ1) is 13.1. The maximum atomic E-state index is 12.4. The minimum Gasteiger partial charge on any atom is -0.496 e. The molecule has 0 bridgehead atoms. The summed E-state index contributed by atoms with van der Waals surface area (Å²) in [5.74, 6) is 1.07. The van der Waals surface area contributed by atoms with Crippen LogP contribution in [0.15, 0.2) is 59.1 Å². The van der Waals surface area contributed by atoms with Gasteiger partial charge in [-0.25, -0.2) is 0 Å². The van der Waals surface area contributed by atoms with E-state index >= 15 is 0 Å². The number of benzene rings is 2. The van der Waals surface area contributed by atoms with Crippen molar-refractivity contribution in [3.05, 3.63) is 66.1 Å². The number of hydrogen-bond acceptors (Lipinski definition) is 6. The van der Waals surface area contributed by atoms with Gasteiger partial charge in [0.15, 0.2) is 0 Å². The van der Waals surface area contributed by atoms with Gasteiger partial charge >= 0.3 is 0 Å². The van der Waals surface area contributed by atoms with Crippen molar-refractivity contribution < 1.29 is 14.1 Å². The molecule has 2 atom stereocenters. The third kappa shape index (κ3) is 4.51. The fourth-order valence-corrected chi connectivity index (χ4v) is 2.69. The molecule has 7 heteroatoms. The number of aromatic nitrogens is 2. The van der Waals surface area contributed by atoms with E-state index in [0.29, 0.717) is 29.4 Å². The maximum Gasteiger partial charge on any atom is 0.249 e. The van der Waals surface area contributed by atoms with Crippen LogP contribution in [-0.2, 0) is 11.2 Å². The summed E-state index contributed by atoms with van der Waals surface area (Å²) in [4.78, 5) is 16.7. The number of carbonyl (C=O) groups excluding carboxylic acids is 1. The molecule has 3 aromatic rings. The van der Waals surface area contributed by atoms with Crippen LogP contribution in [0.4, 0.5) is 0 Å². The largest absolute Gasteiger partial charge is 0.496 e. The van der Waals surface area contributed by atoms with E-state index in [2.05, 4.69) is 15.5 Å². The number of nitrogens with one attached hydrogen (secondary N) is 1. The molecule has 0 aliphatic heterocycles. The Kier molecular flexibility index (Phi) is 5.83. The van der Waals surface area contributed by atoms with Crippen LogP contribution in [0.1, 0.15) is 24.4 Å². The summed E-state index contributed by atoms with van der Waals surface area (Å²) in [5.41, 5.74) is 7.74. The van der Waals surface area contributed by atoms with Gasteiger partial charge in [0.25, 0.3) is 0 Å². The van der Waals surface area contributed by atoms with Crippen LogP contribution < -0.4 is 15.8 Å². The summed E-state index contributed by atoms with van der Waals surface area (Å²) in [6, 6.07) is 15.9. The average molecular weight is 366 g/mol. The van der Waals surface area contributed by atoms with Crippen LogP contribution in [0.5, 0.6) is 5.75 Å². The summed E-state index contributed by atoms with van der Waals surface area (Å²) >= 11 is 0. The molecule has 1 heterocycles. The highest BCUT2D eigenvalue weighted by molar-refractivity contribution is 5.82. The van der Waals surface area contributed by atoms with Gasteiger partial charge in [0.05, 0.1) is 18.7 Å². The third-order valence-electron chi connectivity index (χ3n) is 4.15. The second kappa shape index (κ2) is 8.46. The first-order valence-corrected chi connectivity index (χ1v) is 8.65. The van der Waals surface area contributed by atoms with Gasteiger partial charge in [-0.2, -0.15) is 4.98 Å². The second-order valence-electron chi connectivity index (χ2n) is 6.18. The molecule has 1 amide bonds. The summed E-state index contributed by atoms with van der Waals surface area (Å²) in [6.45, 7) is 1.77. The predicted molar refractivity (Wildman–Crippen MR) is 101 cm³/mol. The Balaban J connectivity index is 1.65. The van der Waals surface area contributed by atoms with E-state index in [1.807, 2.05) is 54.6 Å². The third-order valence-corrected chi connectivity index (χ3v) is 4.15. The Morgan fingerprint density at radius 2 is 1.89 bits per heavy atom. The molecular weight excluding hydrogens is 344 g/mol. The molecule has 3 rings (SSSR count). The fraction of sp³-hybridized carbons (Fsp3) is 0.250. The Hall–Kier alpha value is -3.19. The lowest BCUT2D eigenvalue weighted by Gasteiger charge is -2.15. The molecule has 140 valence electrons. The molecule has 0 aliphatic rings. The first-order valence-electron chi connectivity index (χ1n) is 8.65. The van der Waals surface area contributed by atoms with Crippen LogP contribution >= 0.6 is 0 Å². The van der Waals surface area contributed by atoms with E-state index in [1.165, 1.54) is 0 Å². The van der Waals surface area contributed by atoms with Gasteiger partial charge in [0, 0.05) is 0 Å². The molecule has 1 unspecified atom stereocenters. The van der Waals surface area contributed by atoms with Crippen LogP contribution in [0.3, 0.4) is 0 Å². The number of rotatable bonds is 7. The summed E-state index contributed by atoms with van der Waals surface area (Å²) in [6.07, 6.45) is 0.454. The Morgan fingerprint density at radius 3 is 2.63 bits per heavy atom. The molecule has 2 aromatic carbocycles. The van der Waals surface area contributed by atoms with Crippen molar-refractivity contribution in [2.24, 2.45) is 5.73 Å². The molecule has 0 saturated carbocycles. The first kappa shape index (κ1) is 18.6. The minimum absolute atomic E-state index is 0.275. The molecule has 0 radical (unpaired) electrons. The van der Waals surface area contributed by atoms with E-state index in [1.54, 1.807) is 14.0 Å². The number of nitrogens with two attached hydrogens (primary N) is 1. The number of carbonyl (C=O) groups is 1. The van der Waals surface area contributed by atoms with E-state index in [-0.39, 0.29) is 5.91 Å². The number of methoxy groups -OCH3 is 1. The minimum atomic E-state index is -0.661. The highest BCUT2D eigenvalue weighted by atomic mass is 16.5. The van der Waals surface area contributed by atoms with Gasteiger partial charge in [-0.05, 0) is 31.0 Å². The lowest BCUT2D eigenvalue weighted by atomic mass is 10.1. The second-order valence-corrected chi connectivity index (χ2v) is 6.18. The van der Waals surface area contributed by atoms with Crippen LogP contribution in [0.2, 0.25) is 0 Å². The zero-order valence-electron chi connectivity index (χ0n) is 15.3. The molecule has 3 N–H and O–H groups in total. The van der Waals surface area contributed by atoms with Crippen molar-refractivity contribution in [3.63, 3.8) is 0 Å². The average Bonchev–Trinajstić information content (AvgIpc) is 3.19. The van der Waals surface area contributed by atoms with Gasteiger partial charge < -0.3 is 20.3 Å². The van der Waals surface area contributed by atoms with Crippen molar-refractivity contribution in [1.29, 1.82) is 0 Å². The van der Waals surface area contributed by atoms with E-state index < -0.39 is 12.1 Å². The van der Waals surface area contributed by atoms with Crippen LogP contribution in [0.25, 0.3) is 11.4 Å². The Labute approximate surface area is 157 Å². The number of nitrogens with zero attached hydrogens (tertiary/aromatic N) is 2. The van der Waals surface area contributed by atoms with Gasteiger partial charge in [-0.3, -0.25) is 4.79 Å². The highest BCUT2D eigenvalue weighted by Crippen LogP contribution is 2.27. The van der Waals surface area contributed by atoms with Crippen LogP contribution in [-0.4, -0.2) is 29.2 Å². The molecule has 0 aliphatic carbocycles. The van der Waals surface area contributed by atoms with Gasteiger partial charge in [-0.1, -0.05) is 47.6 Å². The van der Waals surface area contributed by atoms with Crippen molar-refractivity contribution >= 4 is 5.91 Å². The Bertz CT molecular complexity index is 895. The molecule has 0 spiro atoms. The number of amides is 1. The lowest BCUT2D eigenvalue weighted by Crippen LogP contribution is -2.43.